The van der Waals surface area contributed by atoms with Gasteiger partial charge in [-0.3, -0.25) is 4.79 Å². The van der Waals surface area contributed by atoms with Gasteiger partial charge in [-0.15, -0.1) is 0 Å². The van der Waals surface area contributed by atoms with Crippen LogP contribution >= 0.6 is 0 Å². The van der Waals surface area contributed by atoms with Gasteiger partial charge in [0.2, 0.25) is 11.5 Å². The van der Waals surface area contributed by atoms with Gasteiger partial charge in [0.1, 0.15) is 0 Å². The van der Waals surface area contributed by atoms with Gasteiger partial charge in [0, 0.05) is 22.3 Å². The molecule has 0 unspecified atom stereocenters. The third-order valence-electron chi connectivity index (χ3n) is 5.60. The lowest BCUT2D eigenvalue weighted by Gasteiger charge is -2.19. The second kappa shape index (κ2) is 10.8. The molecular weight excluding hydrogens is 424 g/mol. The van der Waals surface area contributed by atoms with Crippen molar-refractivity contribution < 1.29 is 33.2 Å². The number of Topliss-reactive ketones (excluding diaryl/α,β-unsaturated/α-hetero) is 1. The van der Waals surface area contributed by atoms with E-state index in [1.165, 1.54) is 0 Å². The van der Waals surface area contributed by atoms with Gasteiger partial charge in [0.05, 0.1) is 42.7 Å². The molecule has 33 heavy (non-hydrogen) atoms. The first-order chi connectivity index (χ1) is 16.0. The lowest BCUT2D eigenvalue weighted by Crippen LogP contribution is -2.12. The maximum Gasteiger partial charge on any atom is 0.203 e. The van der Waals surface area contributed by atoms with Crippen LogP contribution < -0.4 is 28.4 Å². The third-order valence-corrected chi connectivity index (χ3v) is 5.60. The van der Waals surface area contributed by atoms with Gasteiger partial charge in [0.15, 0.2) is 28.8 Å². The van der Waals surface area contributed by atoms with Crippen molar-refractivity contribution in [2.75, 3.05) is 42.7 Å². The molecule has 3 rings (SSSR count). The van der Waals surface area contributed by atoms with Crippen LogP contribution in [-0.2, 0) is 4.79 Å². The van der Waals surface area contributed by atoms with Crippen LogP contribution in [0.2, 0.25) is 0 Å². The van der Waals surface area contributed by atoms with Crippen LogP contribution in [0.4, 0.5) is 0 Å². The first-order valence-corrected chi connectivity index (χ1v) is 10.6. The zero-order chi connectivity index (χ0) is 24.0. The van der Waals surface area contributed by atoms with Gasteiger partial charge in [0.25, 0.3) is 0 Å². The molecule has 7 heteroatoms. The molecule has 0 saturated heterocycles. The normalized spacial score (nSPS) is 16.0. The number of carbonyl (C=O) groups excluding carboxylic acids is 1. The summed E-state index contributed by atoms with van der Waals surface area (Å²) in [7, 11) is 9.38. The van der Waals surface area contributed by atoms with Gasteiger partial charge in [-0.25, -0.2) is 0 Å². The lowest BCUT2D eigenvalue weighted by atomic mass is 9.86. The minimum absolute atomic E-state index is 0.00470. The Bertz CT molecular complexity index is 999. The molecule has 0 amide bonds. The molecule has 2 aromatic carbocycles. The molecule has 0 aromatic heterocycles. The van der Waals surface area contributed by atoms with Crippen LogP contribution in [0.15, 0.2) is 35.4 Å². The highest BCUT2D eigenvalue weighted by atomic mass is 16.5. The highest BCUT2D eigenvalue weighted by Gasteiger charge is 2.24. The van der Waals surface area contributed by atoms with E-state index in [0.29, 0.717) is 58.5 Å². The van der Waals surface area contributed by atoms with E-state index < -0.39 is 0 Å². The van der Waals surface area contributed by atoms with E-state index >= 15 is 0 Å². The number of rotatable bonds is 8. The minimum Gasteiger partial charge on any atom is -0.493 e. The van der Waals surface area contributed by atoms with Crippen molar-refractivity contribution >= 4 is 17.9 Å². The SMILES string of the molecule is COc1ccc(/C=C2\CCC/C(=C\c3ccc(OC)c(OC)c3OC)C2=O)c(OC)c1OC. The first-order valence-electron chi connectivity index (χ1n) is 10.6. The zero-order valence-corrected chi connectivity index (χ0v) is 19.9. The largest absolute Gasteiger partial charge is 0.493 e. The summed E-state index contributed by atoms with van der Waals surface area (Å²) < 4.78 is 32.8. The Kier molecular flexibility index (Phi) is 7.87. The van der Waals surface area contributed by atoms with Crippen molar-refractivity contribution in [3.8, 4) is 34.5 Å². The van der Waals surface area contributed by atoms with E-state index in [4.69, 9.17) is 28.4 Å². The molecule has 1 aliphatic carbocycles. The molecule has 0 bridgehead atoms. The zero-order valence-electron chi connectivity index (χ0n) is 19.9. The highest BCUT2D eigenvalue weighted by Crippen LogP contribution is 2.43. The van der Waals surface area contributed by atoms with Crippen LogP contribution in [0.1, 0.15) is 30.4 Å². The number of ketones is 1. The van der Waals surface area contributed by atoms with Crippen molar-refractivity contribution in [3.63, 3.8) is 0 Å². The van der Waals surface area contributed by atoms with Crippen molar-refractivity contribution in [1.29, 1.82) is 0 Å². The predicted octanol–water partition coefficient (Wildman–Crippen LogP) is 4.96. The summed E-state index contributed by atoms with van der Waals surface area (Å²) in [6.07, 6.45) is 5.94. The van der Waals surface area contributed by atoms with Crippen LogP contribution in [0, 0.1) is 0 Å². The lowest BCUT2D eigenvalue weighted by molar-refractivity contribution is -0.112. The fourth-order valence-electron chi connectivity index (χ4n) is 4.03. The number of hydrogen-bond donors (Lipinski definition) is 0. The highest BCUT2D eigenvalue weighted by molar-refractivity contribution is 6.14. The molecule has 0 radical (unpaired) electrons. The smallest absolute Gasteiger partial charge is 0.203 e. The second-order valence-corrected chi connectivity index (χ2v) is 7.37. The Balaban J connectivity index is 2.02. The number of carbonyl (C=O) groups is 1. The first kappa shape index (κ1) is 24.0. The number of benzene rings is 2. The Labute approximate surface area is 194 Å². The van der Waals surface area contributed by atoms with Crippen LogP contribution in [-0.4, -0.2) is 48.4 Å². The summed E-state index contributed by atoms with van der Waals surface area (Å²) in [6, 6.07) is 7.31. The van der Waals surface area contributed by atoms with Crippen molar-refractivity contribution in [2.45, 2.75) is 19.3 Å². The number of allylic oxidation sites excluding steroid dienone is 2. The van der Waals surface area contributed by atoms with Crippen LogP contribution in [0.5, 0.6) is 34.5 Å². The van der Waals surface area contributed by atoms with E-state index in [0.717, 1.165) is 17.5 Å². The summed E-state index contributed by atoms with van der Waals surface area (Å²) >= 11 is 0. The molecule has 1 saturated carbocycles. The number of ether oxygens (including phenoxy) is 6. The fraction of sp³-hybridized carbons (Fsp3) is 0.346. The average Bonchev–Trinajstić information content (AvgIpc) is 2.85. The molecule has 7 nitrogen and oxygen atoms in total. The van der Waals surface area contributed by atoms with Gasteiger partial charge in [-0.05, 0) is 55.7 Å². The standard InChI is InChI=1S/C26H30O7/c1-28-20-12-10-18(23(30-3)25(20)32-5)14-16-8-7-9-17(22(16)27)15-19-11-13-21(29-2)26(33-6)24(19)31-4/h10-15H,7-9H2,1-6H3/b16-14+,17-15+. The summed E-state index contributed by atoms with van der Waals surface area (Å²) in [5, 5.41) is 0. The molecule has 2 aromatic rings. The third kappa shape index (κ3) is 4.77. The second-order valence-electron chi connectivity index (χ2n) is 7.37. The summed E-state index contributed by atoms with van der Waals surface area (Å²) in [5.74, 6) is 3.15. The Hall–Kier alpha value is -3.61. The molecule has 0 spiro atoms. The van der Waals surface area contributed by atoms with Crippen LogP contribution in [0.3, 0.4) is 0 Å². The summed E-state index contributed by atoms with van der Waals surface area (Å²) in [6.45, 7) is 0. The summed E-state index contributed by atoms with van der Waals surface area (Å²) in [4.78, 5) is 13.4. The molecule has 0 N–H and O–H groups in total. The Morgan fingerprint density at radius 1 is 0.576 bits per heavy atom. The van der Waals surface area contributed by atoms with Gasteiger partial charge < -0.3 is 28.4 Å². The maximum absolute atomic E-state index is 13.4. The molecule has 0 atom stereocenters. The molecule has 1 fully saturated rings. The molecule has 176 valence electrons. The van der Waals surface area contributed by atoms with Gasteiger partial charge in [-0.1, -0.05) is 0 Å². The number of methoxy groups -OCH3 is 6. The van der Waals surface area contributed by atoms with Gasteiger partial charge in [-0.2, -0.15) is 0 Å². The average molecular weight is 455 g/mol. The summed E-state index contributed by atoms with van der Waals surface area (Å²) in [5.41, 5.74) is 2.92. The quantitative estimate of drug-likeness (QED) is 0.522. The fourth-order valence-corrected chi connectivity index (χ4v) is 4.03. The van der Waals surface area contributed by atoms with E-state index in [1.54, 1.807) is 54.8 Å². The molecular formula is C26H30O7. The van der Waals surface area contributed by atoms with E-state index in [1.807, 2.05) is 24.3 Å². The van der Waals surface area contributed by atoms with Crippen molar-refractivity contribution in [2.24, 2.45) is 0 Å². The monoisotopic (exact) mass is 454 g/mol. The molecule has 0 aliphatic heterocycles. The maximum atomic E-state index is 13.4. The van der Waals surface area contributed by atoms with E-state index in [-0.39, 0.29) is 5.78 Å². The topological polar surface area (TPSA) is 72.5 Å². The van der Waals surface area contributed by atoms with E-state index in [2.05, 4.69) is 0 Å². The van der Waals surface area contributed by atoms with Crippen molar-refractivity contribution in [1.82, 2.24) is 0 Å². The van der Waals surface area contributed by atoms with Gasteiger partial charge >= 0.3 is 0 Å². The molecule has 0 heterocycles. The molecule has 1 aliphatic rings. The number of hydrogen-bond acceptors (Lipinski definition) is 7. The van der Waals surface area contributed by atoms with Crippen LogP contribution in [0.25, 0.3) is 12.2 Å². The Morgan fingerprint density at radius 2 is 0.970 bits per heavy atom. The van der Waals surface area contributed by atoms with Crippen molar-refractivity contribution in [3.05, 3.63) is 46.5 Å². The minimum atomic E-state index is -0.00470. The predicted molar refractivity (Wildman–Crippen MR) is 127 cm³/mol. The van der Waals surface area contributed by atoms with E-state index in [9.17, 15) is 4.79 Å². The Morgan fingerprint density at radius 3 is 1.30 bits per heavy atom.